The van der Waals surface area contributed by atoms with E-state index in [2.05, 4.69) is 38.4 Å². The van der Waals surface area contributed by atoms with E-state index in [1.54, 1.807) is 24.8 Å². The first-order valence-electron chi connectivity index (χ1n) is 7.64. The lowest BCUT2D eigenvalue weighted by Gasteiger charge is -2.15. The van der Waals surface area contributed by atoms with Crippen LogP contribution in [0, 0.1) is 6.92 Å². The normalized spacial score (nSPS) is 10.6. The third-order valence-electron chi connectivity index (χ3n) is 3.84. The van der Waals surface area contributed by atoms with Crippen LogP contribution in [0.5, 0.6) is 0 Å². The number of hydrogen-bond donors (Lipinski definition) is 1. The lowest BCUT2D eigenvalue weighted by molar-refractivity contribution is 0.102. The zero-order valence-corrected chi connectivity index (χ0v) is 15.0. The van der Waals surface area contributed by atoms with Crippen LogP contribution >= 0.6 is 15.9 Å². The van der Waals surface area contributed by atoms with Gasteiger partial charge in [-0.05, 0) is 60.9 Å². The van der Waals surface area contributed by atoms with Crippen molar-refractivity contribution in [1.29, 1.82) is 0 Å². The third-order valence-corrected chi connectivity index (χ3v) is 4.37. The highest BCUT2D eigenvalue weighted by Crippen LogP contribution is 2.26. The first-order valence-corrected chi connectivity index (χ1v) is 8.43. The Morgan fingerprint density at radius 3 is 2.46 bits per heavy atom. The number of hydrogen-bond acceptors (Lipinski definition) is 3. The molecule has 3 aromatic rings. The van der Waals surface area contributed by atoms with Gasteiger partial charge in [-0.25, -0.2) is 0 Å². The van der Waals surface area contributed by atoms with Gasteiger partial charge < -0.3 is 5.32 Å². The average Bonchev–Trinajstić information content (AvgIpc) is 3.11. The summed E-state index contributed by atoms with van der Waals surface area (Å²) in [5.41, 5.74) is 4.55. The number of nitrogens with zero attached hydrogens (tertiary/aromatic N) is 3. The van der Waals surface area contributed by atoms with Crippen LogP contribution in [0.25, 0.3) is 5.69 Å². The molecular weight excluding hydrogens is 368 g/mol. The Kier molecular flexibility index (Phi) is 4.76. The Balaban J connectivity index is 1.93. The summed E-state index contributed by atoms with van der Waals surface area (Å²) in [5.74, 6) is -0.114. The number of aromatic nitrogens is 3. The quantitative estimate of drug-likeness (QED) is 0.734. The Labute approximate surface area is 148 Å². The second kappa shape index (κ2) is 6.97. The van der Waals surface area contributed by atoms with Crippen LogP contribution in [-0.4, -0.2) is 20.7 Å². The zero-order chi connectivity index (χ0) is 17.1. The van der Waals surface area contributed by atoms with Gasteiger partial charge in [-0.2, -0.15) is 0 Å². The van der Waals surface area contributed by atoms with E-state index >= 15 is 0 Å². The molecule has 0 spiro atoms. The van der Waals surface area contributed by atoms with Gasteiger partial charge in [0.1, 0.15) is 12.7 Å². The van der Waals surface area contributed by atoms with Gasteiger partial charge >= 0.3 is 0 Å². The molecule has 1 N–H and O–H groups in total. The van der Waals surface area contributed by atoms with Gasteiger partial charge in [-0.15, -0.1) is 10.2 Å². The van der Waals surface area contributed by atoms with Crippen molar-refractivity contribution in [2.75, 3.05) is 5.32 Å². The number of rotatable bonds is 4. The fourth-order valence-corrected chi connectivity index (χ4v) is 2.83. The molecule has 0 unspecified atom stereocenters. The van der Waals surface area contributed by atoms with Gasteiger partial charge in [-0.1, -0.05) is 22.9 Å². The minimum atomic E-state index is -0.114. The third kappa shape index (κ3) is 3.38. The Morgan fingerprint density at radius 1 is 1.17 bits per heavy atom. The van der Waals surface area contributed by atoms with E-state index in [9.17, 15) is 4.79 Å². The number of aryl methyl sites for hydroxylation is 2. The summed E-state index contributed by atoms with van der Waals surface area (Å²) in [5, 5.41) is 10.7. The molecule has 6 heteroatoms. The largest absolute Gasteiger partial charge is 0.321 e. The predicted molar refractivity (Wildman–Crippen MR) is 97.6 cm³/mol. The van der Waals surface area contributed by atoms with Crippen LogP contribution in [0.4, 0.5) is 5.69 Å². The summed E-state index contributed by atoms with van der Waals surface area (Å²) >= 11 is 3.38. The van der Waals surface area contributed by atoms with Crippen LogP contribution in [0.15, 0.2) is 53.5 Å². The monoisotopic (exact) mass is 384 g/mol. The molecule has 0 saturated heterocycles. The molecule has 1 heterocycles. The number of carbonyl (C=O) groups excluding carboxylic acids is 1. The van der Waals surface area contributed by atoms with Crippen LogP contribution < -0.4 is 5.32 Å². The molecule has 2 aromatic carbocycles. The average molecular weight is 385 g/mol. The second-order valence-corrected chi connectivity index (χ2v) is 6.40. The Bertz CT molecular complexity index is 857. The molecule has 0 radical (unpaired) electrons. The van der Waals surface area contributed by atoms with E-state index < -0.39 is 0 Å². The maximum atomic E-state index is 12.5. The first kappa shape index (κ1) is 16.4. The SMILES string of the molecule is CCc1cc(-n2cnnc2)cc(C)c1NC(=O)c1ccc(Br)cc1. The first-order chi connectivity index (χ1) is 11.6. The molecule has 0 aliphatic rings. The molecule has 1 amide bonds. The van der Waals surface area contributed by atoms with E-state index in [0.29, 0.717) is 5.56 Å². The fraction of sp³-hybridized carbons (Fsp3) is 0.167. The summed E-state index contributed by atoms with van der Waals surface area (Å²) < 4.78 is 2.80. The van der Waals surface area contributed by atoms with Gasteiger partial charge in [-0.3, -0.25) is 9.36 Å². The van der Waals surface area contributed by atoms with Crippen molar-refractivity contribution in [2.24, 2.45) is 0 Å². The summed E-state index contributed by atoms with van der Waals surface area (Å²) in [4.78, 5) is 12.5. The van der Waals surface area contributed by atoms with Gasteiger partial charge in [0.15, 0.2) is 0 Å². The molecule has 0 aliphatic carbocycles. The number of amides is 1. The van der Waals surface area contributed by atoms with E-state index in [1.165, 1.54) is 0 Å². The molecular formula is C18H17BrN4O. The van der Waals surface area contributed by atoms with Crippen molar-refractivity contribution in [3.63, 3.8) is 0 Å². The van der Waals surface area contributed by atoms with Gasteiger partial charge in [0, 0.05) is 21.4 Å². The highest BCUT2D eigenvalue weighted by atomic mass is 79.9. The molecule has 5 nitrogen and oxygen atoms in total. The van der Waals surface area contributed by atoms with Crippen molar-refractivity contribution in [1.82, 2.24) is 14.8 Å². The van der Waals surface area contributed by atoms with Crippen molar-refractivity contribution in [3.05, 3.63) is 70.2 Å². The number of nitrogens with one attached hydrogen (secondary N) is 1. The van der Waals surface area contributed by atoms with E-state index in [1.807, 2.05) is 35.8 Å². The summed E-state index contributed by atoms with van der Waals surface area (Å²) in [7, 11) is 0. The molecule has 0 bridgehead atoms. The van der Waals surface area contributed by atoms with Crippen LogP contribution in [-0.2, 0) is 6.42 Å². The topological polar surface area (TPSA) is 59.8 Å². The molecule has 3 rings (SSSR count). The number of carbonyl (C=O) groups is 1. The van der Waals surface area contributed by atoms with E-state index in [0.717, 1.165) is 33.4 Å². The fourth-order valence-electron chi connectivity index (χ4n) is 2.57. The maximum absolute atomic E-state index is 12.5. The Morgan fingerprint density at radius 2 is 1.83 bits per heavy atom. The number of anilines is 1. The zero-order valence-electron chi connectivity index (χ0n) is 13.5. The van der Waals surface area contributed by atoms with Crippen LogP contribution in [0.3, 0.4) is 0 Å². The van der Waals surface area contributed by atoms with Crippen LogP contribution in [0.1, 0.15) is 28.4 Å². The summed E-state index contributed by atoms with van der Waals surface area (Å²) in [6.45, 7) is 4.06. The molecule has 1 aromatic heterocycles. The van der Waals surface area contributed by atoms with Crippen molar-refractivity contribution in [3.8, 4) is 5.69 Å². The molecule has 0 fully saturated rings. The lowest BCUT2D eigenvalue weighted by Crippen LogP contribution is -2.14. The van der Waals surface area contributed by atoms with E-state index in [4.69, 9.17) is 0 Å². The molecule has 0 aliphatic heterocycles. The predicted octanol–water partition coefficient (Wildman–Crippen LogP) is 4.15. The lowest BCUT2D eigenvalue weighted by atomic mass is 10.0. The number of halogens is 1. The highest BCUT2D eigenvalue weighted by molar-refractivity contribution is 9.10. The standard InChI is InChI=1S/C18H17BrN4O/c1-3-13-9-16(23-10-20-21-11-23)8-12(2)17(13)22-18(24)14-4-6-15(19)7-5-14/h4-11H,3H2,1-2H3,(H,22,24). The van der Waals surface area contributed by atoms with Gasteiger partial charge in [0.25, 0.3) is 5.91 Å². The molecule has 0 atom stereocenters. The van der Waals surface area contributed by atoms with Crippen molar-refractivity contribution in [2.45, 2.75) is 20.3 Å². The summed E-state index contributed by atoms with van der Waals surface area (Å²) in [6.07, 6.45) is 4.13. The minimum absolute atomic E-state index is 0.114. The summed E-state index contributed by atoms with van der Waals surface area (Å²) in [6, 6.07) is 11.4. The van der Waals surface area contributed by atoms with Gasteiger partial charge in [0.05, 0.1) is 0 Å². The maximum Gasteiger partial charge on any atom is 0.255 e. The van der Waals surface area contributed by atoms with Gasteiger partial charge in [0.2, 0.25) is 0 Å². The smallest absolute Gasteiger partial charge is 0.255 e. The molecule has 24 heavy (non-hydrogen) atoms. The molecule has 0 saturated carbocycles. The molecule has 122 valence electrons. The highest BCUT2D eigenvalue weighted by Gasteiger charge is 2.13. The van der Waals surface area contributed by atoms with Crippen LogP contribution in [0.2, 0.25) is 0 Å². The van der Waals surface area contributed by atoms with Crippen molar-refractivity contribution < 1.29 is 4.79 Å². The second-order valence-electron chi connectivity index (χ2n) is 5.48. The minimum Gasteiger partial charge on any atom is -0.321 e. The Hall–Kier alpha value is -2.47. The number of benzene rings is 2. The van der Waals surface area contributed by atoms with E-state index in [-0.39, 0.29) is 5.91 Å². The van der Waals surface area contributed by atoms with Crippen molar-refractivity contribution >= 4 is 27.5 Å².